The molecule has 1 heterocycles. The Labute approximate surface area is 196 Å². The molecule has 1 aliphatic heterocycles. The summed E-state index contributed by atoms with van der Waals surface area (Å²) in [7, 11) is 3.68. The van der Waals surface area contributed by atoms with Crippen LogP contribution >= 0.6 is 11.6 Å². The van der Waals surface area contributed by atoms with Gasteiger partial charge >= 0.3 is 0 Å². The zero-order chi connectivity index (χ0) is 23.7. The van der Waals surface area contributed by atoms with Crippen molar-refractivity contribution in [1.29, 1.82) is 0 Å². The molecule has 32 heavy (non-hydrogen) atoms. The van der Waals surface area contributed by atoms with Crippen molar-refractivity contribution in [1.82, 2.24) is 15.5 Å². The van der Waals surface area contributed by atoms with Crippen molar-refractivity contribution in [3.05, 3.63) is 77.6 Å². The number of nitrogens with zero attached hydrogens (tertiary/aromatic N) is 2. The van der Waals surface area contributed by atoms with Gasteiger partial charge in [0.1, 0.15) is 5.75 Å². The number of nitrogens with one attached hydrogen (secondary N) is 2. The number of likely N-dealkylation sites (N-methyl/N-ethyl adjacent to an activating group) is 1. The minimum Gasteiger partial charge on any atom is -0.491 e. The molecular formula is C25H33ClN4O2. The molecule has 0 aromatic heterocycles. The van der Waals surface area contributed by atoms with Crippen molar-refractivity contribution >= 4 is 29.3 Å². The van der Waals surface area contributed by atoms with Gasteiger partial charge in [-0.25, -0.2) is 0 Å². The number of ether oxygens (including phenoxy) is 1. The number of benzene rings is 2. The molecule has 0 spiro atoms. The number of rotatable bonds is 7. The van der Waals surface area contributed by atoms with Crippen LogP contribution in [-0.4, -0.2) is 44.2 Å². The lowest BCUT2D eigenvalue weighted by atomic mass is 10.1. The summed E-state index contributed by atoms with van der Waals surface area (Å²) in [5.41, 5.74) is 3.44. The fraction of sp³-hybridized carbons (Fsp3) is 0.320. The first-order chi connectivity index (χ1) is 15.2. The van der Waals surface area contributed by atoms with E-state index in [1.807, 2.05) is 38.1 Å². The summed E-state index contributed by atoms with van der Waals surface area (Å²) in [5, 5.41) is 6.30. The van der Waals surface area contributed by atoms with Crippen molar-refractivity contribution in [3.8, 4) is 5.75 Å². The number of carbonyl (C=O) groups excluding carboxylic acids is 1. The third-order valence-corrected chi connectivity index (χ3v) is 5.15. The first-order valence-corrected chi connectivity index (χ1v) is 10.9. The van der Waals surface area contributed by atoms with E-state index in [2.05, 4.69) is 52.8 Å². The maximum absolute atomic E-state index is 11.2. The largest absolute Gasteiger partial charge is 0.491 e. The number of fused-ring (bicyclic) bond motifs is 1. The third-order valence-electron chi connectivity index (χ3n) is 4.82. The average Bonchev–Trinajstić information content (AvgIpc) is 2.77. The summed E-state index contributed by atoms with van der Waals surface area (Å²) in [4.78, 5) is 15.5. The Morgan fingerprint density at radius 3 is 2.62 bits per heavy atom. The van der Waals surface area contributed by atoms with E-state index in [-0.39, 0.29) is 18.6 Å². The van der Waals surface area contributed by atoms with Crippen molar-refractivity contribution in [2.24, 2.45) is 0 Å². The Balaban J connectivity index is 0.000000244. The number of amides is 1. The Morgan fingerprint density at radius 1 is 1.28 bits per heavy atom. The predicted molar refractivity (Wildman–Crippen MR) is 134 cm³/mol. The Hall–Kier alpha value is -3.12. The van der Waals surface area contributed by atoms with E-state index in [9.17, 15) is 4.79 Å². The Morgan fingerprint density at radius 2 is 2.00 bits per heavy atom. The highest BCUT2D eigenvalue weighted by Crippen LogP contribution is 2.27. The molecule has 1 aliphatic rings. The Bertz CT molecular complexity index is 945. The number of para-hydroxylation sites is 1. The van der Waals surface area contributed by atoms with Crippen LogP contribution < -0.4 is 20.3 Å². The van der Waals surface area contributed by atoms with E-state index in [0.717, 1.165) is 30.3 Å². The van der Waals surface area contributed by atoms with Crippen LogP contribution in [0.4, 0.5) is 5.69 Å². The molecule has 0 unspecified atom stereocenters. The monoisotopic (exact) mass is 456 g/mol. The van der Waals surface area contributed by atoms with Crippen LogP contribution in [0.25, 0.3) is 6.08 Å². The van der Waals surface area contributed by atoms with Gasteiger partial charge in [0.2, 0.25) is 5.91 Å². The number of hydrogen-bond acceptors (Lipinski definition) is 5. The zero-order valence-electron chi connectivity index (χ0n) is 19.3. The smallest absolute Gasteiger partial charge is 0.239 e. The molecule has 0 radical (unpaired) electrons. The second-order valence-electron chi connectivity index (χ2n) is 7.69. The molecule has 2 aromatic rings. The molecule has 0 saturated carbocycles. The van der Waals surface area contributed by atoms with Crippen LogP contribution in [0.5, 0.6) is 5.75 Å². The lowest BCUT2D eigenvalue weighted by Gasteiger charge is -2.38. The van der Waals surface area contributed by atoms with Gasteiger partial charge in [-0.1, -0.05) is 49.0 Å². The van der Waals surface area contributed by atoms with E-state index < -0.39 is 0 Å². The summed E-state index contributed by atoms with van der Waals surface area (Å²) in [6.45, 7) is 13.4. The van der Waals surface area contributed by atoms with E-state index in [1.54, 1.807) is 19.2 Å². The highest BCUT2D eigenvalue weighted by Gasteiger charge is 2.20. The first kappa shape index (κ1) is 25.1. The van der Waals surface area contributed by atoms with Gasteiger partial charge in [0, 0.05) is 26.3 Å². The molecular weight excluding hydrogens is 424 g/mol. The summed E-state index contributed by atoms with van der Waals surface area (Å²) >= 11 is 5.96. The minimum absolute atomic E-state index is 0.0492. The summed E-state index contributed by atoms with van der Waals surface area (Å²) in [6, 6.07) is 13.9. The topological polar surface area (TPSA) is 56.8 Å². The SMILES string of the molecule is C=C(NCC(=O)NC)N1Cc2ccccc2N(C)C1.C=Cc1ccc(OC(C)C)cc1Cl. The van der Waals surface area contributed by atoms with E-state index in [1.165, 1.54) is 11.3 Å². The molecule has 172 valence electrons. The molecule has 6 nitrogen and oxygen atoms in total. The summed E-state index contributed by atoms with van der Waals surface area (Å²) in [5.74, 6) is 1.52. The standard InChI is InChI=1S/C14H20N4O.C11H13ClO/c1-11(16-8-14(19)15-2)18-9-12-6-4-5-7-13(12)17(3)10-18;1-4-9-5-6-10(7-11(9)12)13-8(2)3/h4-7,16H,1,8-10H2,2-3H3,(H,15,19);4-8H,1H2,2-3H3. The molecule has 1 amide bonds. The molecule has 0 aliphatic carbocycles. The van der Waals surface area contributed by atoms with Gasteiger partial charge in [-0.05, 0) is 49.2 Å². The number of carbonyl (C=O) groups is 1. The van der Waals surface area contributed by atoms with Crippen molar-refractivity contribution in [2.75, 3.05) is 32.2 Å². The fourth-order valence-electron chi connectivity index (χ4n) is 3.19. The van der Waals surface area contributed by atoms with Gasteiger partial charge in [-0.2, -0.15) is 0 Å². The average molecular weight is 457 g/mol. The summed E-state index contributed by atoms with van der Waals surface area (Å²) < 4.78 is 5.48. The Kier molecular flexibility index (Phi) is 9.47. The normalized spacial score (nSPS) is 12.3. The van der Waals surface area contributed by atoms with Gasteiger partial charge in [0.25, 0.3) is 0 Å². The molecule has 0 bridgehead atoms. The van der Waals surface area contributed by atoms with E-state index in [4.69, 9.17) is 16.3 Å². The van der Waals surface area contributed by atoms with Crippen LogP contribution in [0.15, 0.2) is 61.4 Å². The van der Waals surface area contributed by atoms with Crippen LogP contribution in [0.3, 0.4) is 0 Å². The van der Waals surface area contributed by atoms with Gasteiger partial charge in [0.15, 0.2) is 0 Å². The molecule has 0 atom stereocenters. The van der Waals surface area contributed by atoms with Gasteiger partial charge in [-0.15, -0.1) is 0 Å². The second kappa shape index (κ2) is 12.1. The summed E-state index contributed by atoms with van der Waals surface area (Å²) in [6.07, 6.45) is 1.90. The fourth-order valence-corrected chi connectivity index (χ4v) is 3.43. The minimum atomic E-state index is -0.0492. The van der Waals surface area contributed by atoms with Crippen LogP contribution in [0.2, 0.25) is 5.02 Å². The van der Waals surface area contributed by atoms with Crippen molar-refractivity contribution < 1.29 is 9.53 Å². The zero-order valence-corrected chi connectivity index (χ0v) is 20.1. The molecule has 0 fully saturated rings. The molecule has 0 saturated heterocycles. The first-order valence-electron chi connectivity index (χ1n) is 10.5. The van der Waals surface area contributed by atoms with Crippen LogP contribution in [-0.2, 0) is 11.3 Å². The van der Waals surface area contributed by atoms with Gasteiger partial charge in [-0.3, -0.25) is 4.79 Å². The lowest BCUT2D eigenvalue weighted by molar-refractivity contribution is -0.119. The number of anilines is 1. The number of halogens is 1. The van der Waals surface area contributed by atoms with E-state index >= 15 is 0 Å². The van der Waals surface area contributed by atoms with Crippen LogP contribution in [0.1, 0.15) is 25.0 Å². The highest BCUT2D eigenvalue weighted by atomic mass is 35.5. The lowest BCUT2D eigenvalue weighted by Crippen LogP contribution is -2.44. The third kappa shape index (κ3) is 7.24. The molecule has 7 heteroatoms. The van der Waals surface area contributed by atoms with Gasteiger partial charge < -0.3 is 25.2 Å². The van der Waals surface area contributed by atoms with Crippen molar-refractivity contribution in [2.45, 2.75) is 26.5 Å². The van der Waals surface area contributed by atoms with E-state index in [0.29, 0.717) is 5.02 Å². The predicted octanol–water partition coefficient (Wildman–Crippen LogP) is 4.47. The van der Waals surface area contributed by atoms with Gasteiger partial charge in [0.05, 0.1) is 30.2 Å². The maximum Gasteiger partial charge on any atom is 0.239 e. The van der Waals surface area contributed by atoms with Crippen LogP contribution in [0, 0.1) is 0 Å². The quantitative estimate of drug-likeness (QED) is 0.643. The molecule has 3 rings (SSSR count). The maximum atomic E-state index is 11.2. The molecule has 2 aromatic carbocycles. The van der Waals surface area contributed by atoms with Crippen molar-refractivity contribution in [3.63, 3.8) is 0 Å². The highest BCUT2D eigenvalue weighted by molar-refractivity contribution is 6.32. The number of hydrogen-bond donors (Lipinski definition) is 2. The second-order valence-corrected chi connectivity index (χ2v) is 8.10. The molecule has 2 N–H and O–H groups in total.